The van der Waals surface area contributed by atoms with E-state index >= 15 is 0 Å². The Morgan fingerprint density at radius 2 is 0.584 bits per heavy atom. The quantitative estimate of drug-likeness (QED) is 0.0264. The standard InChI is InChI=1S/C79H122NO8P/c1-3-5-7-9-11-13-15-17-19-21-23-25-27-29-31-33-35-37-38-40-41-43-45-47-49-51-53-55-57-59-61-63-65-67-69-71-78(81)85-75-77(76-87-89(83,84)86-74-73-80)88-79(82)72-70-68-66-64-62-60-58-56-54-52-50-48-46-44-42-39-36-34-32-30-28-26-24-22-20-18-16-14-12-10-8-6-4-2/h5-8,11-14,17-20,23-26,29-32,35-37,39-41,44-47,50,52,56,58,62,64,77H,3-4,9-10,15-16,21-22,27-28,33-34,38,42-43,48-49,51,53-55,57,59-61,63,65-76,80H2,1-2H3,(H,83,84)/b7-5-,8-6-,13-11-,14-12-,19-17-,20-18-,25-23-,26-24-,31-29-,32-30-,37-35-,39-36-,41-40-,46-44-,47-45-,52-50-,58-56-,64-62-. The molecule has 0 heterocycles. The van der Waals surface area contributed by atoms with Crippen molar-refractivity contribution in [3.63, 3.8) is 0 Å². The summed E-state index contributed by atoms with van der Waals surface area (Å²) in [4.78, 5) is 35.3. The predicted octanol–water partition coefficient (Wildman–Crippen LogP) is 22.8. The second kappa shape index (κ2) is 71.4. The normalized spacial score (nSPS) is 14.3. The first-order valence-corrected chi connectivity index (χ1v) is 35.7. The van der Waals surface area contributed by atoms with Gasteiger partial charge in [0.15, 0.2) is 6.10 Å². The highest BCUT2D eigenvalue weighted by Crippen LogP contribution is 2.43. The summed E-state index contributed by atoms with van der Waals surface area (Å²) in [6, 6.07) is 0. The van der Waals surface area contributed by atoms with Gasteiger partial charge in [-0.3, -0.25) is 18.6 Å². The topological polar surface area (TPSA) is 134 Å². The van der Waals surface area contributed by atoms with Crippen molar-refractivity contribution in [3.8, 4) is 0 Å². The van der Waals surface area contributed by atoms with E-state index in [0.717, 1.165) is 154 Å². The number of hydrogen-bond acceptors (Lipinski definition) is 8. The van der Waals surface area contributed by atoms with E-state index in [1.807, 2.05) is 0 Å². The number of phosphoric ester groups is 1. The summed E-state index contributed by atoms with van der Waals surface area (Å²) in [7, 11) is -4.42. The minimum atomic E-state index is -4.42. The van der Waals surface area contributed by atoms with E-state index in [2.05, 4.69) is 233 Å². The third-order valence-electron chi connectivity index (χ3n) is 13.4. The summed E-state index contributed by atoms with van der Waals surface area (Å²) >= 11 is 0. The molecular formula is C79H122NO8P. The van der Waals surface area contributed by atoms with E-state index in [4.69, 9.17) is 24.3 Å². The lowest BCUT2D eigenvalue weighted by molar-refractivity contribution is -0.161. The number of phosphoric acid groups is 1. The first-order chi connectivity index (χ1) is 43.8. The number of hydrogen-bond donors (Lipinski definition) is 2. The van der Waals surface area contributed by atoms with Gasteiger partial charge >= 0.3 is 19.8 Å². The van der Waals surface area contributed by atoms with Gasteiger partial charge < -0.3 is 20.1 Å². The van der Waals surface area contributed by atoms with Gasteiger partial charge in [-0.15, -0.1) is 0 Å². The van der Waals surface area contributed by atoms with Gasteiger partial charge in [-0.1, -0.05) is 284 Å². The molecule has 0 aliphatic carbocycles. The molecule has 2 unspecified atom stereocenters. The van der Waals surface area contributed by atoms with Crippen LogP contribution in [0.2, 0.25) is 0 Å². The highest BCUT2D eigenvalue weighted by atomic mass is 31.2. The lowest BCUT2D eigenvalue weighted by atomic mass is 10.1. The van der Waals surface area contributed by atoms with Crippen LogP contribution in [0.3, 0.4) is 0 Å². The summed E-state index contributed by atoms with van der Waals surface area (Å²) in [5, 5.41) is 0. The molecule has 0 aromatic rings. The van der Waals surface area contributed by atoms with Crippen molar-refractivity contribution >= 4 is 19.8 Å². The summed E-state index contributed by atoms with van der Waals surface area (Å²) in [6.07, 6.45) is 112. The fourth-order valence-corrected chi connectivity index (χ4v) is 9.15. The Morgan fingerprint density at radius 1 is 0.337 bits per heavy atom. The lowest BCUT2D eigenvalue weighted by Gasteiger charge is -2.19. The molecule has 89 heavy (non-hydrogen) atoms. The molecule has 0 rings (SSSR count). The van der Waals surface area contributed by atoms with Crippen LogP contribution in [-0.2, 0) is 32.7 Å². The second-order valence-electron chi connectivity index (χ2n) is 21.6. The van der Waals surface area contributed by atoms with Crippen molar-refractivity contribution in [2.75, 3.05) is 26.4 Å². The number of esters is 2. The third kappa shape index (κ3) is 71.3. The maximum Gasteiger partial charge on any atom is 0.472 e. The van der Waals surface area contributed by atoms with Gasteiger partial charge in [0.1, 0.15) is 6.61 Å². The van der Waals surface area contributed by atoms with Crippen LogP contribution in [0.5, 0.6) is 0 Å². The molecule has 0 bridgehead atoms. The molecule has 3 N–H and O–H groups in total. The van der Waals surface area contributed by atoms with E-state index in [1.165, 1.54) is 38.5 Å². The summed E-state index contributed by atoms with van der Waals surface area (Å²) in [5.41, 5.74) is 5.39. The van der Waals surface area contributed by atoms with E-state index < -0.39 is 32.5 Å². The summed E-state index contributed by atoms with van der Waals surface area (Å²) in [5.74, 6) is -0.902. The highest BCUT2D eigenvalue weighted by Gasteiger charge is 2.26. The Labute approximate surface area is 543 Å². The largest absolute Gasteiger partial charge is 0.472 e. The molecule has 0 aliphatic rings. The van der Waals surface area contributed by atoms with Crippen molar-refractivity contribution in [1.82, 2.24) is 0 Å². The van der Waals surface area contributed by atoms with Crippen molar-refractivity contribution in [2.24, 2.45) is 5.73 Å². The Hall–Kier alpha value is -5.67. The lowest BCUT2D eigenvalue weighted by Crippen LogP contribution is -2.29. The molecule has 0 amide bonds. The van der Waals surface area contributed by atoms with Crippen molar-refractivity contribution in [3.05, 3.63) is 219 Å². The molecule has 0 aromatic carbocycles. The highest BCUT2D eigenvalue weighted by molar-refractivity contribution is 7.47. The molecular weight excluding hydrogens is 1120 g/mol. The molecule has 10 heteroatoms. The third-order valence-corrected chi connectivity index (χ3v) is 14.3. The fourth-order valence-electron chi connectivity index (χ4n) is 8.38. The van der Waals surface area contributed by atoms with E-state index in [9.17, 15) is 19.0 Å². The Morgan fingerprint density at radius 3 is 0.888 bits per heavy atom. The number of carbonyl (C=O) groups is 2. The van der Waals surface area contributed by atoms with E-state index in [1.54, 1.807) is 0 Å². The fraction of sp³-hybridized carbons (Fsp3) is 0.519. The predicted molar refractivity (Wildman–Crippen MR) is 384 cm³/mol. The molecule has 0 spiro atoms. The molecule has 0 fully saturated rings. The number of rotatable bonds is 61. The SMILES string of the molecule is CC/C=C\C/C=C\C/C=C\C/C=C\C/C=C\C/C=C\C/C=C\C/C=C\C/C=C\C/C=C\CCCCC(=O)OC(COC(=O)CCCCCCCCCCCC/C=C\C/C=C\C/C=C\C/C=C\C/C=C\C/C=C\C/C=C\C/C=C\CC)COP(=O)(O)OCCN. The molecule has 496 valence electrons. The van der Waals surface area contributed by atoms with Gasteiger partial charge in [0.05, 0.1) is 13.2 Å². The average molecular weight is 1240 g/mol. The number of nitrogens with two attached hydrogens (primary N) is 1. The number of allylic oxidation sites excluding steroid dienone is 36. The van der Waals surface area contributed by atoms with Gasteiger partial charge in [0, 0.05) is 19.4 Å². The van der Waals surface area contributed by atoms with Crippen LogP contribution in [-0.4, -0.2) is 49.3 Å². The Bertz CT molecular complexity index is 2260. The molecule has 9 nitrogen and oxygen atoms in total. The van der Waals surface area contributed by atoms with E-state index in [0.29, 0.717) is 12.8 Å². The van der Waals surface area contributed by atoms with Gasteiger partial charge in [-0.2, -0.15) is 0 Å². The van der Waals surface area contributed by atoms with Crippen LogP contribution in [0, 0.1) is 0 Å². The minimum absolute atomic E-state index is 0.0333. The first-order valence-electron chi connectivity index (χ1n) is 34.2. The number of ether oxygens (including phenoxy) is 2. The Balaban J connectivity index is 4.09. The van der Waals surface area contributed by atoms with Crippen LogP contribution in [0.15, 0.2) is 219 Å². The molecule has 0 saturated heterocycles. The van der Waals surface area contributed by atoms with Gasteiger partial charge in [-0.05, 0) is 154 Å². The second-order valence-corrected chi connectivity index (χ2v) is 23.0. The van der Waals surface area contributed by atoms with Crippen LogP contribution in [0.4, 0.5) is 0 Å². The van der Waals surface area contributed by atoms with Crippen LogP contribution >= 0.6 is 7.82 Å². The number of unbranched alkanes of at least 4 members (excludes halogenated alkanes) is 12. The molecule has 0 aliphatic heterocycles. The zero-order valence-corrected chi connectivity index (χ0v) is 56.5. The van der Waals surface area contributed by atoms with Gasteiger partial charge in [-0.25, -0.2) is 4.57 Å². The maximum atomic E-state index is 12.7. The number of carbonyl (C=O) groups excluding carboxylic acids is 2. The smallest absolute Gasteiger partial charge is 0.462 e. The zero-order valence-electron chi connectivity index (χ0n) is 55.6. The summed E-state index contributed by atoms with van der Waals surface area (Å²) < 4.78 is 33.1. The molecule has 0 radical (unpaired) electrons. The van der Waals surface area contributed by atoms with Crippen LogP contribution in [0.25, 0.3) is 0 Å². The first kappa shape index (κ1) is 83.3. The minimum Gasteiger partial charge on any atom is -0.462 e. The monoisotopic (exact) mass is 1240 g/mol. The molecule has 0 saturated carbocycles. The molecule has 0 aromatic heterocycles. The van der Waals surface area contributed by atoms with Crippen molar-refractivity contribution < 1.29 is 37.6 Å². The van der Waals surface area contributed by atoms with Crippen LogP contribution in [0.1, 0.15) is 232 Å². The maximum absolute atomic E-state index is 12.7. The van der Waals surface area contributed by atoms with Gasteiger partial charge in [0.25, 0.3) is 0 Å². The zero-order chi connectivity index (χ0) is 64.4. The van der Waals surface area contributed by atoms with E-state index in [-0.39, 0.29) is 32.6 Å². The van der Waals surface area contributed by atoms with Crippen molar-refractivity contribution in [1.29, 1.82) is 0 Å². The molecule has 2 atom stereocenters. The van der Waals surface area contributed by atoms with Crippen molar-refractivity contribution in [2.45, 2.75) is 238 Å². The average Bonchev–Trinajstić information content (AvgIpc) is 3.58. The van der Waals surface area contributed by atoms with Gasteiger partial charge in [0.2, 0.25) is 0 Å². The Kier molecular flexibility index (Phi) is 66.9. The van der Waals surface area contributed by atoms with Crippen LogP contribution < -0.4 is 5.73 Å². The summed E-state index contributed by atoms with van der Waals surface area (Å²) in [6.45, 7) is 3.43.